The first kappa shape index (κ1) is 12.7. The minimum absolute atomic E-state index is 0. The third kappa shape index (κ3) is 1.97. The van der Waals surface area contributed by atoms with Gasteiger partial charge in [0.25, 0.3) is 0 Å². The van der Waals surface area contributed by atoms with Gasteiger partial charge in [-0.05, 0) is 0 Å². The Morgan fingerprint density at radius 1 is 0.385 bits per heavy atom. The lowest BCUT2D eigenvalue weighted by atomic mass is 9.85. The lowest BCUT2D eigenvalue weighted by Crippen LogP contribution is -2.63. The van der Waals surface area contributed by atoms with E-state index >= 15 is 0 Å². The molecule has 0 aliphatic heterocycles. The Morgan fingerprint density at radius 2 is 0.462 bits per heavy atom. The van der Waals surface area contributed by atoms with Crippen molar-refractivity contribution in [2.24, 2.45) is 0 Å². The van der Waals surface area contributed by atoms with Gasteiger partial charge in [-0.2, -0.15) is 0 Å². The molecule has 1 aliphatic carbocycles. The van der Waals surface area contributed by atoms with E-state index in [4.69, 9.17) is 30.6 Å². The van der Waals surface area contributed by atoms with Crippen LogP contribution in [0.4, 0.5) is 0 Å². The molecule has 80 valence electrons. The maximum absolute atomic E-state index is 8.97. The van der Waals surface area contributed by atoms with Gasteiger partial charge in [0.1, 0.15) is 36.6 Å². The lowest BCUT2D eigenvalue weighted by Gasteiger charge is -2.39. The van der Waals surface area contributed by atoms with Crippen molar-refractivity contribution in [1.29, 1.82) is 0 Å². The average Bonchev–Trinajstić information content (AvgIpc) is 2.08. The molecule has 0 radical (unpaired) electrons. The summed E-state index contributed by atoms with van der Waals surface area (Å²) in [6.45, 7) is 0. The second kappa shape index (κ2) is 4.29. The molecule has 7 heteroatoms. The molecule has 1 saturated carbocycles. The van der Waals surface area contributed by atoms with Gasteiger partial charge in [0.15, 0.2) is 0 Å². The molecule has 1 fully saturated rings. The van der Waals surface area contributed by atoms with Crippen molar-refractivity contribution in [1.82, 2.24) is 6.15 Å². The van der Waals surface area contributed by atoms with Gasteiger partial charge in [-0.25, -0.2) is 0 Å². The average molecular weight is 197 g/mol. The normalized spacial score (nSPS) is 51.2. The zero-order valence-electron chi connectivity index (χ0n) is 6.85. The molecular weight excluding hydrogens is 182 g/mol. The Kier molecular flexibility index (Phi) is 4.20. The zero-order valence-corrected chi connectivity index (χ0v) is 6.85. The van der Waals surface area contributed by atoms with Crippen LogP contribution in [0.2, 0.25) is 0 Å². The van der Waals surface area contributed by atoms with Gasteiger partial charge in [-0.1, -0.05) is 0 Å². The SMILES string of the molecule is N.O[C@H]1[C@H](O)[C@@H](O)[C@H](O)[C@@H](O)[C@@H]1O. The van der Waals surface area contributed by atoms with Crippen LogP contribution < -0.4 is 6.15 Å². The van der Waals surface area contributed by atoms with Crippen molar-refractivity contribution >= 4 is 0 Å². The predicted octanol–water partition coefficient (Wildman–Crippen LogP) is -3.67. The monoisotopic (exact) mass is 197 g/mol. The number of aliphatic hydroxyl groups is 6. The Morgan fingerprint density at radius 3 is 0.538 bits per heavy atom. The van der Waals surface area contributed by atoms with Crippen LogP contribution in [0.3, 0.4) is 0 Å². The van der Waals surface area contributed by atoms with Crippen LogP contribution in [0.5, 0.6) is 0 Å². The molecule has 0 bridgehead atoms. The first-order valence-corrected chi connectivity index (χ1v) is 3.55. The molecule has 1 rings (SSSR count). The lowest BCUT2D eigenvalue weighted by molar-refractivity contribution is -0.223. The molecule has 0 spiro atoms. The Labute approximate surface area is 74.5 Å². The quantitative estimate of drug-likeness (QED) is 0.211. The van der Waals surface area contributed by atoms with Crippen LogP contribution in [0.25, 0.3) is 0 Å². The fourth-order valence-corrected chi connectivity index (χ4v) is 1.21. The molecule has 0 aromatic heterocycles. The van der Waals surface area contributed by atoms with Gasteiger partial charge < -0.3 is 36.8 Å². The topological polar surface area (TPSA) is 156 Å². The zero-order chi connectivity index (χ0) is 9.46. The molecule has 0 saturated heterocycles. The smallest absolute Gasteiger partial charge is 0.111 e. The van der Waals surface area contributed by atoms with E-state index in [1.165, 1.54) is 0 Å². The van der Waals surface area contributed by atoms with Gasteiger partial charge in [0, 0.05) is 0 Å². The van der Waals surface area contributed by atoms with E-state index in [-0.39, 0.29) is 6.15 Å². The summed E-state index contributed by atoms with van der Waals surface area (Å²) in [4.78, 5) is 0. The molecule has 0 aromatic rings. The highest BCUT2D eigenvalue weighted by atomic mass is 16.4. The van der Waals surface area contributed by atoms with E-state index in [0.29, 0.717) is 0 Å². The van der Waals surface area contributed by atoms with Gasteiger partial charge in [-0.15, -0.1) is 0 Å². The maximum atomic E-state index is 8.97. The number of aliphatic hydroxyl groups excluding tert-OH is 6. The Bertz CT molecular complexity index is 109. The number of hydrogen-bond acceptors (Lipinski definition) is 7. The molecule has 0 unspecified atom stereocenters. The molecular formula is C6H15NO6. The summed E-state index contributed by atoms with van der Waals surface area (Å²) in [7, 11) is 0. The standard InChI is InChI=1S/C6H12O6.H3N/c7-1-2(8)4(10)6(12)5(11)3(1)9;/h1-12H;1H3/t1-,2-,3+,4+,5-,6-;. The largest absolute Gasteiger partial charge is 0.387 e. The second-order valence-corrected chi connectivity index (χ2v) is 2.94. The Balaban J connectivity index is 0.00000144. The van der Waals surface area contributed by atoms with Crippen LogP contribution >= 0.6 is 0 Å². The minimum atomic E-state index is -1.64. The van der Waals surface area contributed by atoms with Crippen molar-refractivity contribution in [3.8, 4) is 0 Å². The summed E-state index contributed by atoms with van der Waals surface area (Å²) >= 11 is 0. The van der Waals surface area contributed by atoms with Gasteiger partial charge in [-0.3, -0.25) is 0 Å². The van der Waals surface area contributed by atoms with E-state index in [9.17, 15) is 0 Å². The van der Waals surface area contributed by atoms with Crippen LogP contribution in [-0.4, -0.2) is 67.3 Å². The molecule has 0 atom stereocenters. The van der Waals surface area contributed by atoms with Gasteiger partial charge in [0.2, 0.25) is 0 Å². The summed E-state index contributed by atoms with van der Waals surface area (Å²) in [6, 6.07) is 0. The van der Waals surface area contributed by atoms with E-state index in [1.807, 2.05) is 0 Å². The first-order chi connectivity index (χ1) is 5.46. The van der Waals surface area contributed by atoms with E-state index < -0.39 is 36.6 Å². The minimum Gasteiger partial charge on any atom is -0.387 e. The number of hydrogen-bond donors (Lipinski definition) is 7. The highest BCUT2D eigenvalue weighted by Crippen LogP contribution is 2.20. The fourth-order valence-electron chi connectivity index (χ4n) is 1.21. The van der Waals surface area contributed by atoms with Crippen molar-refractivity contribution in [2.45, 2.75) is 36.6 Å². The van der Waals surface area contributed by atoms with Crippen molar-refractivity contribution in [2.75, 3.05) is 0 Å². The second-order valence-electron chi connectivity index (χ2n) is 2.94. The highest BCUT2D eigenvalue weighted by molar-refractivity contribution is 4.98. The first-order valence-electron chi connectivity index (χ1n) is 3.55. The maximum Gasteiger partial charge on any atom is 0.111 e. The van der Waals surface area contributed by atoms with Gasteiger partial charge >= 0.3 is 0 Å². The third-order valence-corrected chi connectivity index (χ3v) is 2.10. The van der Waals surface area contributed by atoms with Crippen LogP contribution in [0, 0.1) is 0 Å². The van der Waals surface area contributed by atoms with E-state index in [1.54, 1.807) is 0 Å². The molecule has 0 amide bonds. The summed E-state index contributed by atoms with van der Waals surface area (Å²) in [6.07, 6.45) is -9.84. The van der Waals surface area contributed by atoms with Crippen LogP contribution in [-0.2, 0) is 0 Å². The van der Waals surface area contributed by atoms with Crippen molar-refractivity contribution < 1.29 is 30.6 Å². The van der Waals surface area contributed by atoms with Crippen molar-refractivity contribution in [3.05, 3.63) is 0 Å². The number of rotatable bonds is 0. The summed E-state index contributed by atoms with van der Waals surface area (Å²) in [5.74, 6) is 0. The summed E-state index contributed by atoms with van der Waals surface area (Å²) in [5.41, 5.74) is 0. The van der Waals surface area contributed by atoms with Crippen LogP contribution in [0.1, 0.15) is 0 Å². The van der Waals surface area contributed by atoms with E-state index in [2.05, 4.69) is 0 Å². The highest BCUT2D eigenvalue weighted by Gasteiger charge is 2.47. The van der Waals surface area contributed by atoms with Crippen LogP contribution in [0.15, 0.2) is 0 Å². The van der Waals surface area contributed by atoms with E-state index in [0.717, 1.165) is 0 Å². The molecule has 1 aliphatic rings. The summed E-state index contributed by atoms with van der Waals surface area (Å²) in [5, 5.41) is 53.8. The summed E-state index contributed by atoms with van der Waals surface area (Å²) < 4.78 is 0. The predicted molar refractivity (Wildman–Crippen MR) is 41.1 cm³/mol. The van der Waals surface area contributed by atoms with Crippen molar-refractivity contribution in [3.63, 3.8) is 0 Å². The molecule has 7 nitrogen and oxygen atoms in total. The van der Waals surface area contributed by atoms with Gasteiger partial charge in [0.05, 0.1) is 0 Å². The molecule has 0 aromatic carbocycles. The molecule has 13 heavy (non-hydrogen) atoms. The molecule has 9 N–H and O–H groups in total. The fraction of sp³-hybridized carbons (Fsp3) is 1.00. The Hall–Kier alpha value is -0.280. The molecule has 0 heterocycles. The third-order valence-electron chi connectivity index (χ3n) is 2.10.